The van der Waals surface area contributed by atoms with Crippen molar-refractivity contribution >= 4 is 10.9 Å². The van der Waals surface area contributed by atoms with Crippen molar-refractivity contribution in [2.24, 2.45) is 5.92 Å². The minimum absolute atomic E-state index is 0.953. The predicted molar refractivity (Wildman–Crippen MR) is 86.1 cm³/mol. The molecule has 20 heavy (non-hydrogen) atoms. The smallest absolute Gasteiger partial charge is 0.0482 e. The third kappa shape index (κ3) is 2.90. The molecule has 0 N–H and O–H groups in total. The third-order valence-corrected chi connectivity index (χ3v) is 4.88. The largest absolute Gasteiger partial charge is 0.347 e. The van der Waals surface area contributed by atoms with Crippen molar-refractivity contribution in [2.45, 2.75) is 39.2 Å². The number of hydrogen-bond acceptors (Lipinski definition) is 1. The number of hydrogen-bond donors (Lipinski definition) is 0. The molecular weight excluding hydrogens is 244 g/mol. The molecular formula is C18H26N2. The van der Waals surface area contributed by atoms with Gasteiger partial charge in [0.05, 0.1) is 0 Å². The molecule has 1 aliphatic rings. The van der Waals surface area contributed by atoms with E-state index in [-0.39, 0.29) is 0 Å². The molecule has 2 aromatic rings. The molecule has 0 unspecified atom stereocenters. The third-order valence-electron chi connectivity index (χ3n) is 4.88. The van der Waals surface area contributed by atoms with Crippen LogP contribution in [-0.2, 0) is 6.54 Å². The maximum absolute atomic E-state index is 2.46. The van der Waals surface area contributed by atoms with Crippen LogP contribution in [-0.4, -0.2) is 29.6 Å². The van der Waals surface area contributed by atoms with Gasteiger partial charge in [-0.2, -0.15) is 0 Å². The molecule has 108 valence electrons. The van der Waals surface area contributed by atoms with Gasteiger partial charge < -0.3 is 9.47 Å². The van der Waals surface area contributed by atoms with Crippen LogP contribution in [0.2, 0.25) is 0 Å². The molecule has 0 saturated carbocycles. The molecule has 3 rings (SSSR count). The van der Waals surface area contributed by atoms with Crippen LogP contribution in [0.1, 0.15) is 31.2 Å². The Morgan fingerprint density at radius 3 is 2.75 bits per heavy atom. The van der Waals surface area contributed by atoms with Crippen molar-refractivity contribution in [1.29, 1.82) is 0 Å². The quantitative estimate of drug-likeness (QED) is 0.813. The SMILES string of the molecule is Cc1cccc2c1ccn2CCCC1CCN(C)CC1. The Morgan fingerprint density at radius 1 is 1.15 bits per heavy atom. The average Bonchev–Trinajstić information content (AvgIpc) is 2.86. The summed E-state index contributed by atoms with van der Waals surface area (Å²) in [6, 6.07) is 8.88. The zero-order valence-electron chi connectivity index (χ0n) is 12.8. The van der Waals surface area contributed by atoms with Crippen LogP contribution < -0.4 is 0 Å². The highest BCUT2D eigenvalue weighted by Crippen LogP contribution is 2.23. The molecule has 0 atom stereocenters. The Morgan fingerprint density at radius 2 is 1.95 bits per heavy atom. The first-order chi connectivity index (χ1) is 9.74. The predicted octanol–water partition coefficient (Wildman–Crippen LogP) is 4.07. The Labute approximate surface area is 122 Å². The first-order valence-corrected chi connectivity index (χ1v) is 7.97. The van der Waals surface area contributed by atoms with E-state index in [0.717, 1.165) is 5.92 Å². The molecule has 1 aliphatic heterocycles. The first-order valence-electron chi connectivity index (χ1n) is 7.97. The van der Waals surface area contributed by atoms with Crippen molar-refractivity contribution in [3.63, 3.8) is 0 Å². The second-order valence-electron chi connectivity index (χ2n) is 6.41. The monoisotopic (exact) mass is 270 g/mol. The lowest BCUT2D eigenvalue weighted by atomic mass is 9.92. The summed E-state index contributed by atoms with van der Waals surface area (Å²) in [5.74, 6) is 0.953. The molecule has 1 saturated heterocycles. The second kappa shape index (κ2) is 6.01. The molecule has 0 spiro atoms. The van der Waals surface area contributed by atoms with Crippen LogP contribution in [0.25, 0.3) is 10.9 Å². The summed E-state index contributed by atoms with van der Waals surface area (Å²) in [6.07, 6.45) is 7.74. The van der Waals surface area contributed by atoms with Gasteiger partial charge in [-0.25, -0.2) is 0 Å². The fourth-order valence-corrected chi connectivity index (χ4v) is 3.47. The standard InChI is InChI=1S/C18H26N2/c1-15-5-3-7-18-17(15)10-14-20(18)11-4-6-16-8-12-19(2)13-9-16/h3,5,7,10,14,16H,4,6,8-9,11-13H2,1-2H3. The van der Waals surface area contributed by atoms with Crippen LogP contribution in [0.5, 0.6) is 0 Å². The highest BCUT2D eigenvalue weighted by Gasteiger charge is 2.16. The van der Waals surface area contributed by atoms with Gasteiger partial charge in [-0.15, -0.1) is 0 Å². The van der Waals surface area contributed by atoms with E-state index in [1.54, 1.807) is 0 Å². The van der Waals surface area contributed by atoms with E-state index in [1.807, 2.05) is 0 Å². The normalized spacial score (nSPS) is 17.9. The summed E-state index contributed by atoms with van der Waals surface area (Å²) >= 11 is 0. The van der Waals surface area contributed by atoms with E-state index in [0.29, 0.717) is 0 Å². The van der Waals surface area contributed by atoms with Crippen LogP contribution >= 0.6 is 0 Å². The number of fused-ring (bicyclic) bond motifs is 1. The molecule has 0 amide bonds. The molecule has 2 heteroatoms. The fraction of sp³-hybridized carbons (Fsp3) is 0.556. The van der Waals surface area contributed by atoms with E-state index < -0.39 is 0 Å². The van der Waals surface area contributed by atoms with E-state index in [2.05, 4.69) is 53.9 Å². The van der Waals surface area contributed by atoms with Crippen molar-refractivity contribution in [3.05, 3.63) is 36.0 Å². The summed E-state index contributed by atoms with van der Waals surface area (Å²) in [5, 5.41) is 1.41. The average molecular weight is 270 g/mol. The van der Waals surface area contributed by atoms with Gasteiger partial charge in [-0.3, -0.25) is 0 Å². The summed E-state index contributed by atoms with van der Waals surface area (Å²) in [6.45, 7) is 5.94. The zero-order chi connectivity index (χ0) is 13.9. The lowest BCUT2D eigenvalue weighted by Gasteiger charge is -2.28. The van der Waals surface area contributed by atoms with E-state index in [1.165, 1.54) is 61.8 Å². The van der Waals surface area contributed by atoms with Crippen molar-refractivity contribution in [1.82, 2.24) is 9.47 Å². The van der Waals surface area contributed by atoms with Crippen LogP contribution in [0, 0.1) is 12.8 Å². The minimum Gasteiger partial charge on any atom is -0.347 e. The van der Waals surface area contributed by atoms with Crippen LogP contribution in [0.4, 0.5) is 0 Å². The van der Waals surface area contributed by atoms with Gasteiger partial charge in [-0.05, 0) is 76.4 Å². The molecule has 2 nitrogen and oxygen atoms in total. The Hall–Kier alpha value is -1.28. The van der Waals surface area contributed by atoms with Crippen molar-refractivity contribution in [2.75, 3.05) is 20.1 Å². The molecule has 1 aromatic carbocycles. The Bertz CT molecular complexity index is 562. The van der Waals surface area contributed by atoms with E-state index in [4.69, 9.17) is 0 Å². The first kappa shape index (κ1) is 13.7. The highest BCUT2D eigenvalue weighted by molar-refractivity contribution is 5.83. The Kier molecular flexibility index (Phi) is 4.11. The summed E-state index contributed by atoms with van der Waals surface area (Å²) < 4.78 is 2.43. The lowest BCUT2D eigenvalue weighted by Crippen LogP contribution is -2.30. The minimum atomic E-state index is 0.953. The van der Waals surface area contributed by atoms with E-state index >= 15 is 0 Å². The van der Waals surface area contributed by atoms with Gasteiger partial charge in [0, 0.05) is 23.6 Å². The number of nitrogens with zero attached hydrogens (tertiary/aromatic N) is 2. The van der Waals surface area contributed by atoms with Crippen molar-refractivity contribution in [3.8, 4) is 0 Å². The molecule has 0 aliphatic carbocycles. The van der Waals surface area contributed by atoms with Gasteiger partial charge >= 0.3 is 0 Å². The topological polar surface area (TPSA) is 8.17 Å². The fourth-order valence-electron chi connectivity index (χ4n) is 3.47. The molecule has 2 heterocycles. The highest BCUT2D eigenvalue weighted by atomic mass is 15.1. The van der Waals surface area contributed by atoms with Gasteiger partial charge in [0.25, 0.3) is 0 Å². The number of benzene rings is 1. The Balaban J connectivity index is 1.56. The second-order valence-corrected chi connectivity index (χ2v) is 6.41. The summed E-state index contributed by atoms with van der Waals surface area (Å²) in [5.41, 5.74) is 2.78. The van der Waals surface area contributed by atoms with E-state index in [9.17, 15) is 0 Å². The summed E-state index contributed by atoms with van der Waals surface area (Å²) in [4.78, 5) is 2.46. The molecule has 0 bridgehead atoms. The number of aromatic nitrogens is 1. The van der Waals surface area contributed by atoms with Crippen molar-refractivity contribution < 1.29 is 0 Å². The van der Waals surface area contributed by atoms with Gasteiger partial charge in [0.15, 0.2) is 0 Å². The molecule has 1 fully saturated rings. The lowest BCUT2D eigenvalue weighted by molar-refractivity contribution is 0.209. The number of rotatable bonds is 4. The number of likely N-dealkylation sites (tertiary alicyclic amines) is 1. The van der Waals surface area contributed by atoms with Crippen LogP contribution in [0.3, 0.4) is 0 Å². The maximum Gasteiger partial charge on any atom is 0.0482 e. The zero-order valence-corrected chi connectivity index (χ0v) is 12.8. The maximum atomic E-state index is 2.46. The number of aryl methyl sites for hydroxylation is 2. The summed E-state index contributed by atoms with van der Waals surface area (Å²) in [7, 11) is 2.24. The number of piperidine rings is 1. The molecule has 1 aromatic heterocycles. The van der Waals surface area contributed by atoms with Crippen LogP contribution in [0.15, 0.2) is 30.5 Å². The van der Waals surface area contributed by atoms with Gasteiger partial charge in [-0.1, -0.05) is 12.1 Å². The van der Waals surface area contributed by atoms with Gasteiger partial charge in [0.2, 0.25) is 0 Å². The molecule has 0 radical (unpaired) electrons. The van der Waals surface area contributed by atoms with Gasteiger partial charge in [0.1, 0.15) is 0 Å².